The third-order valence-electron chi connectivity index (χ3n) is 6.45. The predicted molar refractivity (Wildman–Crippen MR) is 114 cm³/mol. The molecule has 0 radical (unpaired) electrons. The lowest BCUT2D eigenvalue weighted by Crippen LogP contribution is -2.43. The average Bonchev–Trinajstić information content (AvgIpc) is 3.43. The smallest absolute Gasteiger partial charge is 0.272 e. The summed E-state index contributed by atoms with van der Waals surface area (Å²) >= 11 is 0. The second-order valence-corrected chi connectivity index (χ2v) is 8.16. The van der Waals surface area contributed by atoms with Crippen molar-refractivity contribution in [2.45, 2.75) is 38.3 Å². The van der Waals surface area contributed by atoms with Crippen molar-refractivity contribution in [3.8, 4) is 0 Å². The van der Waals surface area contributed by atoms with Crippen LogP contribution in [0.5, 0.6) is 0 Å². The highest BCUT2D eigenvalue weighted by Gasteiger charge is 2.59. The maximum atomic E-state index is 13.7. The zero-order valence-electron chi connectivity index (χ0n) is 17.4. The molecular weight excluding hydrogens is 395 g/mol. The van der Waals surface area contributed by atoms with E-state index in [0.717, 1.165) is 22.5 Å². The molecule has 2 aliphatic rings. The summed E-state index contributed by atoms with van der Waals surface area (Å²) in [5.74, 6) is -0.658. The SMILES string of the molecule is CCn1nc(C)cc1C(=O)N1CC[C@]2(C(=O)Nc3ccccc32)[C@@H]1c1ccc(F)cc1. The van der Waals surface area contributed by atoms with Gasteiger partial charge in [0.1, 0.15) is 16.9 Å². The Morgan fingerprint density at radius 3 is 2.71 bits per heavy atom. The fraction of sp³-hybridized carbons (Fsp3) is 0.292. The molecule has 1 fully saturated rings. The van der Waals surface area contributed by atoms with E-state index in [9.17, 15) is 14.0 Å². The number of hydrogen-bond acceptors (Lipinski definition) is 3. The van der Waals surface area contributed by atoms with Crippen molar-refractivity contribution in [3.63, 3.8) is 0 Å². The molecule has 1 aromatic heterocycles. The highest BCUT2D eigenvalue weighted by Crippen LogP contribution is 2.54. The van der Waals surface area contributed by atoms with Crippen molar-refractivity contribution in [1.82, 2.24) is 14.7 Å². The number of nitrogens with one attached hydrogen (secondary N) is 1. The van der Waals surface area contributed by atoms with E-state index in [1.807, 2.05) is 38.1 Å². The molecule has 2 aliphatic heterocycles. The number of aryl methyl sites for hydroxylation is 2. The van der Waals surface area contributed by atoms with Gasteiger partial charge >= 0.3 is 0 Å². The van der Waals surface area contributed by atoms with E-state index in [-0.39, 0.29) is 17.6 Å². The molecule has 158 valence electrons. The van der Waals surface area contributed by atoms with Crippen LogP contribution in [0.25, 0.3) is 0 Å². The van der Waals surface area contributed by atoms with Gasteiger partial charge in [-0.05, 0) is 55.7 Å². The van der Waals surface area contributed by atoms with Gasteiger partial charge < -0.3 is 10.2 Å². The molecule has 0 aliphatic carbocycles. The van der Waals surface area contributed by atoms with Gasteiger partial charge in [0.2, 0.25) is 5.91 Å². The fourth-order valence-electron chi connectivity index (χ4n) is 5.12. The largest absolute Gasteiger partial charge is 0.329 e. The normalized spacial score (nSPS) is 22.1. The van der Waals surface area contributed by atoms with E-state index in [2.05, 4.69) is 10.4 Å². The van der Waals surface area contributed by atoms with Crippen LogP contribution in [-0.2, 0) is 16.8 Å². The zero-order valence-corrected chi connectivity index (χ0v) is 17.4. The highest BCUT2D eigenvalue weighted by atomic mass is 19.1. The monoisotopic (exact) mass is 418 g/mol. The summed E-state index contributed by atoms with van der Waals surface area (Å²) in [5.41, 5.74) is 2.72. The Bertz CT molecular complexity index is 1190. The zero-order chi connectivity index (χ0) is 21.8. The molecule has 3 aromatic rings. The van der Waals surface area contributed by atoms with Crippen molar-refractivity contribution < 1.29 is 14.0 Å². The van der Waals surface area contributed by atoms with Gasteiger partial charge in [-0.15, -0.1) is 0 Å². The summed E-state index contributed by atoms with van der Waals surface area (Å²) in [6, 6.07) is 14.9. The number of amides is 2. The predicted octanol–water partition coefficient (Wildman–Crippen LogP) is 3.83. The molecule has 1 N–H and O–H groups in total. The van der Waals surface area contributed by atoms with Crippen LogP contribution in [0.3, 0.4) is 0 Å². The van der Waals surface area contributed by atoms with Gasteiger partial charge in [-0.2, -0.15) is 5.10 Å². The minimum absolute atomic E-state index is 0.126. The summed E-state index contributed by atoms with van der Waals surface area (Å²) in [7, 11) is 0. The second-order valence-electron chi connectivity index (χ2n) is 8.16. The summed E-state index contributed by atoms with van der Waals surface area (Å²) in [6.07, 6.45) is 0.489. The summed E-state index contributed by atoms with van der Waals surface area (Å²) in [5, 5.41) is 7.41. The lowest BCUT2D eigenvalue weighted by atomic mass is 9.72. The van der Waals surface area contributed by atoms with E-state index in [1.165, 1.54) is 12.1 Å². The van der Waals surface area contributed by atoms with Crippen LogP contribution >= 0.6 is 0 Å². The molecular formula is C24H23FN4O2. The van der Waals surface area contributed by atoms with Gasteiger partial charge in [0.25, 0.3) is 5.91 Å². The second kappa shape index (κ2) is 7.04. The summed E-state index contributed by atoms with van der Waals surface area (Å²) in [6.45, 7) is 4.77. The van der Waals surface area contributed by atoms with Gasteiger partial charge in [0.15, 0.2) is 0 Å². The fourth-order valence-corrected chi connectivity index (χ4v) is 5.12. The third-order valence-corrected chi connectivity index (χ3v) is 6.45. The van der Waals surface area contributed by atoms with Crippen LogP contribution in [0.15, 0.2) is 54.6 Å². The van der Waals surface area contributed by atoms with E-state index < -0.39 is 11.5 Å². The third kappa shape index (κ3) is 2.80. The first-order valence-electron chi connectivity index (χ1n) is 10.5. The number of aromatic nitrogens is 2. The number of carbonyl (C=O) groups is 2. The van der Waals surface area contributed by atoms with Gasteiger partial charge in [-0.25, -0.2) is 4.39 Å². The minimum Gasteiger partial charge on any atom is -0.329 e. The standard InChI is InChI=1S/C24H23FN4O2/c1-3-29-20(14-15(2)27-29)22(30)28-13-12-24(21(28)16-8-10-17(25)11-9-16)18-6-4-5-7-19(18)26-23(24)31/h4-11,14,21H,3,12-13H2,1-2H3,(H,26,31)/t21-,24+/m0/s1. The van der Waals surface area contributed by atoms with Crippen molar-refractivity contribution in [1.29, 1.82) is 0 Å². The molecule has 2 aromatic carbocycles. The van der Waals surface area contributed by atoms with Crippen molar-refractivity contribution in [3.05, 3.63) is 82.9 Å². The number of carbonyl (C=O) groups excluding carboxylic acids is 2. The quantitative estimate of drug-likeness (QED) is 0.703. The first kappa shape index (κ1) is 19.5. The molecule has 7 heteroatoms. The van der Waals surface area contributed by atoms with Crippen LogP contribution in [0, 0.1) is 12.7 Å². The van der Waals surface area contributed by atoms with Crippen LogP contribution in [0.1, 0.15) is 46.7 Å². The number of likely N-dealkylation sites (tertiary alicyclic amines) is 1. The van der Waals surface area contributed by atoms with Crippen LogP contribution < -0.4 is 5.32 Å². The topological polar surface area (TPSA) is 67.2 Å². The van der Waals surface area contributed by atoms with Crippen molar-refractivity contribution in [2.75, 3.05) is 11.9 Å². The lowest BCUT2D eigenvalue weighted by Gasteiger charge is -2.34. The molecule has 1 spiro atoms. The molecule has 0 saturated carbocycles. The molecule has 5 rings (SSSR count). The van der Waals surface area contributed by atoms with Gasteiger partial charge in [-0.3, -0.25) is 14.3 Å². The Kier molecular flexibility index (Phi) is 4.43. The molecule has 0 bridgehead atoms. The Hall–Kier alpha value is -3.48. The molecule has 3 heterocycles. The number of anilines is 1. The Morgan fingerprint density at radius 1 is 1.23 bits per heavy atom. The molecule has 1 saturated heterocycles. The number of benzene rings is 2. The minimum atomic E-state index is -0.920. The Labute approximate surface area is 179 Å². The Balaban J connectivity index is 1.67. The van der Waals surface area contributed by atoms with Crippen LogP contribution in [0.4, 0.5) is 10.1 Å². The van der Waals surface area contributed by atoms with Crippen LogP contribution in [-0.4, -0.2) is 33.0 Å². The van der Waals surface area contributed by atoms with Crippen molar-refractivity contribution in [2.24, 2.45) is 0 Å². The molecule has 2 atom stereocenters. The molecule has 2 amide bonds. The molecule has 0 unspecified atom stereocenters. The van der Waals surface area contributed by atoms with E-state index in [4.69, 9.17) is 0 Å². The number of hydrogen-bond donors (Lipinski definition) is 1. The van der Waals surface area contributed by atoms with Gasteiger partial charge in [0.05, 0.1) is 11.7 Å². The number of halogens is 1. The van der Waals surface area contributed by atoms with Gasteiger partial charge in [0, 0.05) is 18.8 Å². The first-order valence-corrected chi connectivity index (χ1v) is 10.5. The lowest BCUT2D eigenvalue weighted by molar-refractivity contribution is -0.121. The van der Waals surface area contributed by atoms with E-state index >= 15 is 0 Å². The molecule has 6 nitrogen and oxygen atoms in total. The highest BCUT2D eigenvalue weighted by molar-refractivity contribution is 6.08. The first-order chi connectivity index (χ1) is 15.0. The van der Waals surface area contributed by atoms with Crippen LogP contribution in [0.2, 0.25) is 0 Å². The van der Waals surface area contributed by atoms with Gasteiger partial charge in [-0.1, -0.05) is 30.3 Å². The van der Waals surface area contributed by atoms with E-state index in [0.29, 0.717) is 25.2 Å². The summed E-state index contributed by atoms with van der Waals surface area (Å²) < 4.78 is 15.4. The van der Waals surface area contributed by atoms with Crippen molar-refractivity contribution >= 4 is 17.5 Å². The number of fused-ring (bicyclic) bond motifs is 2. The number of nitrogens with zero attached hydrogens (tertiary/aromatic N) is 3. The maximum Gasteiger partial charge on any atom is 0.272 e. The number of rotatable bonds is 3. The average molecular weight is 418 g/mol. The number of para-hydroxylation sites is 1. The van der Waals surface area contributed by atoms with E-state index in [1.54, 1.807) is 27.8 Å². The maximum absolute atomic E-state index is 13.7. The Morgan fingerprint density at radius 2 is 1.97 bits per heavy atom. The summed E-state index contributed by atoms with van der Waals surface area (Å²) in [4.78, 5) is 28.9. The molecule has 31 heavy (non-hydrogen) atoms.